The van der Waals surface area contributed by atoms with Crippen LogP contribution in [0.1, 0.15) is 21.5 Å². The van der Waals surface area contributed by atoms with Gasteiger partial charge in [0.15, 0.2) is 0 Å². The van der Waals surface area contributed by atoms with Crippen LogP contribution in [0.5, 0.6) is 5.75 Å². The van der Waals surface area contributed by atoms with Crippen LogP contribution in [0, 0.1) is 11.3 Å². The van der Waals surface area contributed by atoms with E-state index in [1.807, 2.05) is 5.38 Å². The summed E-state index contributed by atoms with van der Waals surface area (Å²) in [4.78, 5) is 16.8. The number of aromatic nitrogens is 1. The number of amides is 1. The maximum atomic E-state index is 11.6. The molecule has 2 aromatic carbocycles. The quantitative estimate of drug-likeness (QED) is 0.448. The van der Waals surface area contributed by atoms with E-state index < -0.39 is 5.91 Å². The minimum Gasteiger partial charge on any atom is -0.507 e. The molecule has 0 fully saturated rings. The molecule has 0 bridgehead atoms. The van der Waals surface area contributed by atoms with Crippen molar-refractivity contribution in [2.24, 2.45) is 15.8 Å². The minimum atomic E-state index is -0.720. The molecule has 0 aliphatic rings. The molecule has 1 amide bonds. The lowest BCUT2D eigenvalue weighted by Gasteiger charge is -2.06. The molecule has 0 unspecified atom stereocenters. The summed E-state index contributed by atoms with van der Waals surface area (Å²) in [5.41, 5.74) is 8.10. The average molecular weight is 421 g/mol. The molecule has 30 heavy (non-hydrogen) atoms. The third kappa shape index (κ3) is 4.81. The zero-order valence-corrected chi connectivity index (χ0v) is 17.0. The lowest BCUT2D eigenvalue weighted by molar-refractivity contribution is 0.0998. The largest absolute Gasteiger partial charge is 0.507 e. The van der Waals surface area contributed by atoms with Crippen LogP contribution in [0.3, 0.4) is 0 Å². The molecule has 3 N–H and O–H groups in total. The van der Waals surface area contributed by atoms with Crippen LogP contribution in [0.2, 0.25) is 0 Å². The molecular weight excluding hydrogens is 402 g/mol. The van der Waals surface area contributed by atoms with Crippen LogP contribution < -0.4 is 10.5 Å². The maximum absolute atomic E-state index is 11.6. The van der Waals surface area contributed by atoms with E-state index in [0.29, 0.717) is 34.8 Å². The van der Waals surface area contributed by atoms with Crippen LogP contribution >= 0.6 is 11.3 Å². The molecule has 0 radical (unpaired) electrons. The molecule has 0 atom stereocenters. The van der Waals surface area contributed by atoms with Gasteiger partial charge in [-0.3, -0.25) is 9.79 Å². The van der Waals surface area contributed by atoms with Gasteiger partial charge in [-0.15, -0.1) is 11.3 Å². The molecule has 3 aromatic rings. The first-order valence-corrected chi connectivity index (χ1v) is 9.79. The summed E-state index contributed by atoms with van der Waals surface area (Å²) in [6.45, 7) is 0.933. The van der Waals surface area contributed by atoms with E-state index >= 15 is 0 Å². The third-order valence-corrected chi connectivity index (χ3v) is 5.00. The van der Waals surface area contributed by atoms with Crippen molar-refractivity contribution in [2.45, 2.75) is 0 Å². The number of aromatic hydroxyl groups is 1. The number of primary amides is 1. The molecule has 1 aromatic heterocycles. The van der Waals surface area contributed by atoms with Gasteiger partial charge in [0.25, 0.3) is 5.91 Å². The number of carbonyl (C=O) groups is 1. The van der Waals surface area contributed by atoms with Crippen molar-refractivity contribution in [2.75, 3.05) is 20.3 Å². The van der Waals surface area contributed by atoms with Gasteiger partial charge in [0, 0.05) is 18.1 Å². The average Bonchev–Trinajstić information content (AvgIpc) is 3.15. The third-order valence-electron chi connectivity index (χ3n) is 4.15. The molecule has 152 valence electrons. The van der Waals surface area contributed by atoms with E-state index in [0.717, 1.165) is 5.56 Å². The Morgan fingerprint density at radius 3 is 2.77 bits per heavy atom. The Labute approximate surface area is 176 Å². The topological polar surface area (TPSA) is 126 Å². The van der Waals surface area contributed by atoms with Gasteiger partial charge in [-0.1, -0.05) is 12.1 Å². The smallest absolute Gasteiger partial charge is 0.252 e. The second-order valence-corrected chi connectivity index (χ2v) is 7.00. The molecule has 0 saturated carbocycles. The number of ether oxygens (including phenoxy) is 1. The number of methoxy groups -OCH3 is 1. The van der Waals surface area contributed by atoms with Gasteiger partial charge in [0.2, 0.25) is 4.80 Å². The normalized spacial score (nSPS) is 11.7. The Balaban J connectivity index is 2.07. The number of rotatable bonds is 7. The number of benzene rings is 2. The number of nitriles is 1. The number of hydrogen-bond acceptors (Lipinski definition) is 7. The number of nitrogens with two attached hydrogens (primary N) is 1. The van der Waals surface area contributed by atoms with Gasteiger partial charge in [-0.05, 0) is 35.9 Å². The second kappa shape index (κ2) is 9.65. The molecule has 8 nitrogen and oxygen atoms in total. The fraction of sp³-hybridized carbons (Fsp3) is 0.143. The Morgan fingerprint density at radius 1 is 1.33 bits per heavy atom. The van der Waals surface area contributed by atoms with Gasteiger partial charge in [-0.2, -0.15) is 10.4 Å². The van der Waals surface area contributed by atoms with E-state index in [2.05, 4.69) is 16.2 Å². The maximum Gasteiger partial charge on any atom is 0.252 e. The zero-order valence-electron chi connectivity index (χ0n) is 16.1. The lowest BCUT2D eigenvalue weighted by atomic mass is 10.1. The van der Waals surface area contributed by atoms with Crippen molar-refractivity contribution in [3.63, 3.8) is 0 Å². The molecule has 0 spiro atoms. The van der Waals surface area contributed by atoms with Crippen LogP contribution in [-0.2, 0) is 4.74 Å². The van der Waals surface area contributed by atoms with Crippen LogP contribution in [0.15, 0.2) is 57.9 Å². The summed E-state index contributed by atoms with van der Waals surface area (Å²) < 4.78 is 6.71. The van der Waals surface area contributed by atoms with Crippen molar-refractivity contribution in [3.05, 3.63) is 69.3 Å². The number of phenols is 1. The van der Waals surface area contributed by atoms with E-state index in [9.17, 15) is 9.90 Å². The summed E-state index contributed by atoms with van der Waals surface area (Å²) in [5.74, 6) is -0.902. The summed E-state index contributed by atoms with van der Waals surface area (Å²) in [6, 6.07) is 13.7. The first-order chi connectivity index (χ1) is 14.5. The Bertz CT molecular complexity index is 1190. The van der Waals surface area contributed by atoms with Crippen molar-refractivity contribution in [1.82, 2.24) is 4.68 Å². The van der Waals surface area contributed by atoms with Crippen molar-refractivity contribution >= 4 is 23.5 Å². The van der Waals surface area contributed by atoms with E-state index in [4.69, 9.17) is 15.7 Å². The van der Waals surface area contributed by atoms with E-state index in [1.165, 1.54) is 23.5 Å². The standard InChI is InChI=1S/C21H19N5O3S/c1-29-9-8-24-21-26(25-12-15-4-2-14(11-22)3-5-15)18(13-30-21)16-6-7-19(27)17(10-16)20(23)28/h2-7,10,12-13,27H,8-9H2,1H3,(H2,23,28)/b24-21?,25-12-. The van der Waals surface area contributed by atoms with Crippen molar-refractivity contribution in [1.29, 1.82) is 5.26 Å². The summed E-state index contributed by atoms with van der Waals surface area (Å²) in [6.07, 6.45) is 1.65. The van der Waals surface area contributed by atoms with Crippen molar-refractivity contribution in [3.8, 4) is 23.1 Å². The first kappa shape index (κ1) is 21.0. The monoisotopic (exact) mass is 421 g/mol. The highest BCUT2D eigenvalue weighted by Gasteiger charge is 2.13. The molecule has 1 heterocycles. The van der Waals surface area contributed by atoms with E-state index in [1.54, 1.807) is 48.3 Å². The summed E-state index contributed by atoms with van der Waals surface area (Å²) >= 11 is 1.39. The molecule has 0 aliphatic carbocycles. The van der Waals surface area contributed by atoms with Crippen molar-refractivity contribution < 1.29 is 14.6 Å². The fourth-order valence-electron chi connectivity index (χ4n) is 2.61. The Hall–Kier alpha value is -3.74. The summed E-state index contributed by atoms with van der Waals surface area (Å²) in [7, 11) is 1.61. The van der Waals surface area contributed by atoms with Gasteiger partial charge in [0.1, 0.15) is 5.75 Å². The molecule has 3 rings (SSSR count). The number of carbonyl (C=O) groups excluding carboxylic acids is 1. The zero-order chi connectivity index (χ0) is 21.5. The van der Waals surface area contributed by atoms with Crippen LogP contribution in [0.4, 0.5) is 0 Å². The Kier molecular flexibility index (Phi) is 6.75. The number of nitrogens with zero attached hydrogens (tertiary/aromatic N) is 4. The predicted molar refractivity (Wildman–Crippen MR) is 114 cm³/mol. The number of thiazole rings is 1. The highest BCUT2D eigenvalue weighted by molar-refractivity contribution is 7.07. The fourth-order valence-corrected chi connectivity index (χ4v) is 3.48. The highest BCUT2D eigenvalue weighted by atomic mass is 32.1. The molecule has 0 aliphatic heterocycles. The SMILES string of the molecule is COCCN=c1scc(-c2ccc(O)c(C(N)=O)c2)n1/N=C\c1ccc(C#N)cc1. The first-order valence-electron chi connectivity index (χ1n) is 8.91. The second-order valence-electron chi connectivity index (χ2n) is 6.16. The minimum absolute atomic E-state index is 0.0270. The molecule has 9 heteroatoms. The van der Waals surface area contributed by atoms with Gasteiger partial charge in [0.05, 0.1) is 42.3 Å². The van der Waals surface area contributed by atoms with Gasteiger partial charge < -0.3 is 15.6 Å². The molecule has 0 saturated heterocycles. The highest BCUT2D eigenvalue weighted by Crippen LogP contribution is 2.26. The Morgan fingerprint density at radius 2 is 2.10 bits per heavy atom. The predicted octanol–water partition coefficient (Wildman–Crippen LogP) is 2.32. The van der Waals surface area contributed by atoms with Crippen LogP contribution in [-0.4, -0.2) is 42.2 Å². The molecular formula is C21H19N5O3S. The van der Waals surface area contributed by atoms with Gasteiger partial charge in [-0.25, -0.2) is 4.68 Å². The van der Waals surface area contributed by atoms with E-state index in [-0.39, 0.29) is 11.3 Å². The lowest BCUT2D eigenvalue weighted by Crippen LogP contribution is -2.14. The number of hydrogen-bond donors (Lipinski definition) is 2. The van der Waals surface area contributed by atoms with Gasteiger partial charge >= 0.3 is 0 Å². The summed E-state index contributed by atoms with van der Waals surface area (Å²) in [5, 5.41) is 25.2. The van der Waals surface area contributed by atoms with Crippen LogP contribution in [0.25, 0.3) is 11.3 Å².